The van der Waals surface area contributed by atoms with E-state index in [0.29, 0.717) is 5.52 Å². The highest BCUT2D eigenvalue weighted by Gasteiger charge is 2.69. The number of imidazole rings is 1. The van der Waals surface area contributed by atoms with Crippen molar-refractivity contribution in [3.8, 4) is 0 Å². The number of carbonyl (C=O) groups is 1. The number of benzene rings is 1. The van der Waals surface area contributed by atoms with Gasteiger partial charge in [0, 0.05) is 6.42 Å². The molecule has 1 atom stereocenters. The smallest absolute Gasteiger partial charge is 0.320 e. The molecule has 0 spiro atoms. The van der Waals surface area contributed by atoms with Gasteiger partial charge in [0.1, 0.15) is 16.4 Å². The summed E-state index contributed by atoms with van der Waals surface area (Å²) in [5.41, 5.74) is -0.307. The van der Waals surface area contributed by atoms with Crippen LogP contribution < -0.4 is 0 Å². The summed E-state index contributed by atoms with van der Waals surface area (Å²) in [6.07, 6.45) is 0.271. The lowest BCUT2D eigenvalue weighted by Crippen LogP contribution is -2.22. The van der Waals surface area contributed by atoms with E-state index in [4.69, 9.17) is 27.9 Å². The second-order valence-corrected chi connectivity index (χ2v) is 6.94. The quantitative estimate of drug-likeness (QED) is 0.618. The van der Waals surface area contributed by atoms with Gasteiger partial charge in [-0.1, -0.05) is 12.1 Å². The van der Waals surface area contributed by atoms with Gasteiger partial charge in [-0.15, -0.1) is 23.2 Å². The molecule has 1 aliphatic carbocycles. The minimum atomic E-state index is -2.78. The number of aromatic nitrogens is 2. The minimum absolute atomic E-state index is 0.0245. The predicted molar refractivity (Wildman–Crippen MR) is 77.9 cm³/mol. The SMILES string of the molecule is CC1(C(=O)OCc2nc3ccccc3n2C(F)F)CC1(Cl)Cl. The molecule has 8 heteroatoms. The van der Waals surface area contributed by atoms with E-state index in [2.05, 4.69) is 4.98 Å². The van der Waals surface area contributed by atoms with E-state index in [9.17, 15) is 13.6 Å². The number of halogens is 4. The molecule has 1 aliphatic rings. The first-order chi connectivity index (χ1) is 10.3. The molecule has 1 aromatic carbocycles. The molecule has 0 bridgehead atoms. The Labute approximate surface area is 135 Å². The zero-order chi connectivity index (χ0) is 16.1. The Hall–Kier alpha value is -1.40. The van der Waals surface area contributed by atoms with Crippen molar-refractivity contribution < 1.29 is 18.3 Å². The molecule has 1 fully saturated rings. The maximum atomic E-state index is 13.2. The molecule has 3 rings (SSSR count). The number of alkyl halides is 4. The molecule has 0 N–H and O–H groups in total. The summed E-state index contributed by atoms with van der Waals surface area (Å²) in [7, 11) is 0. The van der Waals surface area contributed by atoms with Crippen LogP contribution in [0.2, 0.25) is 0 Å². The molecule has 0 amide bonds. The Bertz CT molecular complexity index is 748. The van der Waals surface area contributed by atoms with Gasteiger partial charge in [0.05, 0.1) is 11.0 Å². The Morgan fingerprint density at radius 3 is 2.68 bits per heavy atom. The van der Waals surface area contributed by atoms with Crippen molar-refractivity contribution in [1.29, 1.82) is 0 Å². The van der Waals surface area contributed by atoms with Crippen LogP contribution in [0.4, 0.5) is 8.78 Å². The van der Waals surface area contributed by atoms with E-state index in [-0.39, 0.29) is 24.4 Å². The zero-order valence-corrected chi connectivity index (χ0v) is 13.0. The zero-order valence-electron chi connectivity index (χ0n) is 11.5. The maximum Gasteiger partial charge on any atom is 0.320 e. The van der Waals surface area contributed by atoms with E-state index in [1.54, 1.807) is 25.1 Å². The van der Waals surface area contributed by atoms with E-state index in [1.807, 2.05) is 0 Å². The topological polar surface area (TPSA) is 44.1 Å². The second-order valence-electron chi connectivity index (χ2n) is 5.45. The number of para-hydroxylation sites is 2. The number of rotatable bonds is 4. The van der Waals surface area contributed by atoms with Crippen LogP contribution >= 0.6 is 23.2 Å². The highest BCUT2D eigenvalue weighted by Crippen LogP contribution is 2.64. The van der Waals surface area contributed by atoms with Gasteiger partial charge < -0.3 is 4.74 Å². The third-order valence-corrected chi connectivity index (χ3v) is 5.01. The van der Waals surface area contributed by atoms with E-state index in [1.165, 1.54) is 6.07 Å². The van der Waals surface area contributed by atoms with Crippen LogP contribution in [0.3, 0.4) is 0 Å². The molecule has 1 heterocycles. The molecule has 1 saturated carbocycles. The van der Waals surface area contributed by atoms with Crippen LogP contribution in [0.5, 0.6) is 0 Å². The first-order valence-corrected chi connectivity index (χ1v) is 7.31. The Kier molecular flexibility index (Phi) is 3.57. The Morgan fingerprint density at radius 1 is 1.45 bits per heavy atom. The van der Waals surface area contributed by atoms with Crippen molar-refractivity contribution in [2.75, 3.05) is 0 Å². The number of hydrogen-bond acceptors (Lipinski definition) is 3. The maximum absolute atomic E-state index is 13.2. The number of carbonyl (C=O) groups excluding carboxylic acids is 1. The van der Waals surface area contributed by atoms with E-state index >= 15 is 0 Å². The van der Waals surface area contributed by atoms with Gasteiger partial charge >= 0.3 is 12.5 Å². The molecule has 0 aliphatic heterocycles. The minimum Gasteiger partial charge on any atom is -0.457 e. The molecular formula is C14H12Cl2F2N2O2. The summed E-state index contributed by atoms with van der Waals surface area (Å²) < 4.78 is 31.1. The van der Waals surface area contributed by atoms with Gasteiger partial charge in [0.2, 0.25) is 0 Å². The van der Waals surface area contributed by atoms with Crippen molar-refractivity contribution in [1.82, 2.24) is 9.55 Å². The molecule has 1 aromatic heterocycles. The molecule has 118 valence electrons. The van der Waals surface area contributed by atoms with Crippen molar-refractivity contribution in [2.45, 2.75) is 30.8 Å². The average molecular weight is 349 g/mol. The largest absolute Gasteiger partial charge is 0.457 e. The molecule has 0 saturated heterocycles. The summed E-state index contributed by atoms with van der Waals surface area (Å²) >= 11 is 11.8. The van der Waals surface area contributed by atoms with Crippen molar-refractivity contribution >= 4 is 40.2 Å². The summed E-state index contributed by atoms with van der Waals surface area (Å²) in [5, 5.41) is 0. The van der Waals surface area contributed by atoms with Crippen LogP contribution in [0.15, 0.2) is 24.3 Å². The van der Waals surface area contributed by atoms with Crippen LogP contribution in [-0.2, 0) is 16.1 Å². The molecular weight excluding hydrogens is 337 g/mol. The van der Waals surface area contributed by atoms with Crippen LogP contribution in [0.1, 0.15) is 25.7 Å². The lowest BCUT2D eigenvalue weighted by Gasteiger charge is -2.12. The Morgan fingerprint density at radius 2 is 2.09 bits per heavy atom. The first kappa shape index (κ1) is 15.5. The van der Waals surface area contributed by atoms with Crippen LogP contribution in [-0.4, -0.2) is 19.9 Å². The number of hydrogen-bond donors (Lipinski definition) is 0. The van der Waals surface area contributed by atoms with Gasteiger partial charge in [0.15, 0.2) is 5.82 Å². The molecule has 4 nitrogen and oxygen atoms in total. The highest BCUT2D eigenvalue weighted by atomic mass is 35.5. The summed E-state index contributed by atoms with van der Waals surface area (Å²) in [6.45, 7) is -1.57. The molecule has 2 aromatic rings. The predicted octanol–water partition coefficient (Wildman–Crippen LogP) is 4.06. The number of nitrogens with zero attached hydrogens (tertiary/aromatic N) is 2. The van der Waals surface area contributed by atoms with Crippen molar-refractivity contribution in [3.05, 3.63) is 30.1 Å². The number of esters is 1. The Balaban J connectivity index is 1.83. The third kappa shape index (κ3) is 2.34. The van der Waals surface area contributed by atoms with E-state index in [0.717, 1.165) is 4.57 Å². The van der Waals surface area contributed by atoms with Gasteiger partial charge in [-0.3, -0.25) is 9.36 Å². The van der Waals surface area contributed by atoms with Gasteiger partial charge in [-0.25, -0.2) is 4.98 Å². The van der Waals surface area contributed by atoms with Crippen LogP contribution in [0.25, 0.3) is 11.0 Å². The van der Waals surface area contributed by atoms with Crippen molar-refractivity contribution in [3.63, 3.8) is 0 Å². The fraction of sp³-hybridized carbons (Fsp3) is 0.429. The van der Waals surface area contributed by atoms with Crippen LogP contribution in [0, 0.1) is 5.41 Å². The number of ether oxygens (including phenoxy) is 1. The highest BCUT2D eigenvalue weighted by molar-refractivity contribution is 6.53. The second kappa shape index (κ2) is 5.06. The average Bonchev–Trinajstić information content (AvgIpc) is 2.83. The van der Waals surface area contributed by atoms with Gasteiger partial charge in [0.25, 0.3) is 0 Å². The summed E-state index contributed by atoms with van der Waals surface area (Å²) in [5.74, 6) is -0.645. The standard InChI is InChI=1S/C14H12Cl2F2N2O2/c1-13(7-14(13,15)16)11(21)22-6-10-19-8-4-2-3-5-9(8)20(10)12(17)18/h2-5,12H,6-7H2,1H3. The first-order valence-electron chi connectivity index (χ1n) is 6.55. The summed E-state index contributed by atoms with van der Waals surface area (Å²) in [4.78, 5) is 16.1. The van der Waals surface area contributed by atoms with Gasteiger partial charge in [-0.2, -0.15) is 8.78 Å². The molecule has 0 radical (unpaired) electrons. The monoisotopic (exact) mass is 348 g/mol. The normalized spacial score (nSPS) is 23.0. The summed E-state index contributed by atoms with van der Waals surface area (Å²) in [6, 6.07) is 6.48. The lowest BCUT2D eigenvalue weighted by atomic mass is 10.1. The molecule has 22 heavy (non-hydrogen) atoms. The van der Waals surface area contributed by atoms with Crippen molar-refractivity contribution in [2.24, 2.45) is 5.41 Å². The van der Waals surface area contributed by atoms with Gasteiger partial charge in [-0.05, 0) is 19.1 Å². The molecule has 1 unspecified atom stereocenters. The fourth-order valence-corrected chi connectivity index (χ4v) is 3.01. The third-order valence-electron chi connectivity index (χ3n) is 3.90. The van der Waals surface area contributed by atoms with E-state index < -0.39 is 22.3 Å². The number of fused-ring (bicyclic) bond motifs is 1. The lowest BCUT2D eigenvalue weighted by molar-refractivity contribution is -0.151. The fourth-order valence-electron chi connectivity index (χ4n) is 2.32.